The second kappa shape index (κ2) is 23.9. The van der Waals surface area contributed by atoms with Crippen molar-refractivity contribution in [2.45, 2.75) is 111 Å². The van der Waals surface area contributed by atoms with Crippen LogP contribution in [0.25, 0.3) is 41.8 Å². The van der Waals surface area contributed by atoms with Crippen LogP contribution in [0.3, 0.4) is 0 Å². The number of hydrogen-bond acceptors (Lipinski definition) is 15. The van der Waals surface area contributed by atoms with Crippen molar-refractivity contribution in [1.82, 2.24) is 0 Å². The fourth-order valence-corrected chi connectivity index (χ4v) is 7.89. The van der Waals surface area contributed by atoms with Gasteiger partial charge in [-0.25, -0.2) is 0 Å². The van der Waals surface area contributed by atoms with Crippen molar-refractivity contribution < 1.29 is 52.1 Å². The Bertz CT molecular complexity index is 1820. The van der Waals surface area contributed by atoms with Gasteiger partial charge >= 0.3 is 0 Å². The van der Waals surface area contributed by atoms with Crippen LogP contribution in [0.2, 0.25) is 0 Å². The molecule has 0 amide bonds. The van der Waals surface area contributed by atoms with E-state index in [0.29, 0.717) is 0 Å². The summed E-state index contributed by atoms with van der Waals surface area (Å²) in [4.78, 5) is 12.1. The summed E-state index contributed by atoms with van der Waals surface area (Å²) in [5, 5.41) is 15.8. The Balaban J connectivity index is 1.49. The number of methoxy groups -OCH3 is 5. The van der Waals surface area contributed by atoms with E-state index in [-0.39, 0.29) is 32.8 Å². The molecule has 0 radical (unpaired) electrons. The SMILES string of the molecule is COC1C(N=[N+]=[N-])[C@H](OCc2ccccc2)C(COCc2ccccc2)O[C@@H]1OC1C(N=[N+]=[N-])CC(N=[N+]=[N-])[C@@H](O[C@H]2OC(CN=[N+]=[N-])[C@@H](OC)C(OC)C2OC)C1OC. The van der Waals surface area contributed by atoms with Gasteiger partial charge in [-0.3, -0.25) is 0 Å². The first-order chi connectivity index (χ1) is 29.4. The Morgan fingerprint density at radius 3 is 1.57 bits per heavy atom. The van der Waals surface area contributed by atoms with Gasteiger partial charge in [0.15, 0.2) is 12.6 Å². The molecule has 23 heteroatoms. The third-order valence-corrected chi connectivity index (χ3v) is 10.6. The zero-order chi connectivity index (χ0) is 42.9. The molecule has 2 saturated heterocycles. The van der Waals surface area contributed by atoms with Crippen molar-refractivity contribution in [2.75, 3.05) is 48.7 Å². The van der Waals surface area contributed by atoms with Crippen molar-refractivity contribution in [1.29, 1.82) is 0 Å². The van der Waals surface area contributed by atoms with Crippen LogP contribution in [0.4, 0.5) is 0 Å². The summed E-state index contributed by atoms with van der Waals surface area (Å²) < 4.78 is 68.0. The molecule has 3 fully saturated rings. The minimum absolute atomic E-state index is 0.0114. The maximum atomic E-state index is 9.83. The highest BCUT2D eigenvalue weighted by molar-refractivity contribution is 5.15. The van der Waals surface area contributed by atoms with Gasteiger partial charge in [0.1, 0.15) is 36.6 Å². The number of benzene rings is 2. The lowest BCUT2D eigenvalue weighted by Gasteiger charge is -2.50. The summed E-state index contributed by atoms with van der Waals surface area (Å²) in [6, 6.07) is 16.0. The number of rotatable bonds is 21. The molecule has 3 aliphatic rings. The molecular formula is C37H50N12O11. The number of hydrogen-bond donors (Lipinski definition) is 0. The highest BCUT2D eigenvalue weighted by Gasteiger charge is 2.55. The molecule has 0 N–H and O–H groups in total. The van der Waals surface area contributed by atoms with Crippen LogP contribution < -0.4 is 0 Å². The van der Waals surface area contributed by atoms with Gasteiger partial charge in [-0.2, -0.15) is 0 Å². The van der Waals surface area contributed by atoms with Crippen molar-refractivity contribution >= 4 is 0 Å². The Labute approximate surface area is 345 Å². The zero-order valence-corrected chi connectivity index (χ0v) is 33.8. The summed E-state index contributed by atoms with van der Waals surface area (Å²) in [7, 11) is 7.14. The predicted octanol–water partition coefficient (Wildman–Crippen LogP) is 5.83. The topological polar surface area (TPSA) is 297 Å². The molecule has 60 heavy (non-hydrogen) atoms. The number of azide groups is 4. The highest BCUT2D eigenvalue weighted by Crippen LogP contribution is 2.38. The lowest BCUT2D eigenvalue weighted by Crippen LogP contribution is -2.66. The number of nitrogens with zero attached hydrogens (tertiary/aromatic N) is 12. The standard InChI is InChI=1S/C37H50N12O11/c1-50-31-25(17-42-46-38)57-37(35(54-5)34(31)53-4)60-29-24(44-48-40)16-23(43-47-39)28(33(29)52-3)59-36-32(51-2)27(45-49-41)30(56-19-22-14-10-7-11-15-22)26(58-36)20-55-18-21-12-8-6-9-13-21/h6-15,23-37H,16-20H2,1-5H3/t23?,24?,25?,26?,27?,28?,29-,30-,31-,32?,33?,34?,35?,36-,37-/m1/s1. The van der Waals surface area contributed by atoms with Crippen LogP contribution in [-0.2, 0) is 65.3 Å². The van der Waals surface area contributed by atoms with E-state index in [9.17, 15) is 16.6 Å². The molecule has 1 aliphatic carbocycles. The lowest BCUT2D eigenvalue weighted by molar-refractivity contribution is -0.341. The van der Waals surface area contributed by atoms with Crippen LogP contribution in [0.5, 0.6) is 0 Å². The van der Waals surface area contributed by atoms with Crippen molar-refractivity contribution in [3.8, 4) is 0 Å². The molecule has 2 aliphatic heterocycles. The lowest BCUT2D eigenvalue weighted by atomic mass is 9.83. The normalized spacial score (nSPS) is 33.9. The summed E-state index contributed by atoms with van der Waals surface area (Å²) >= 11 is 0. The highest BCUT2D eigenvalue weighted by atomic mass is 16.7. The van der Waals surface area contributed by atoms with Crippen LogP contribution in [-0.4, -0.2) is 140 Å². The summed E-state index contributed by atoms with van der Waals surface area (Å²) in [5.74, 6) is 0. The first kappa shape index (κ1) is 46.3. The van der Waals surface area contributed by atoms with Gasteiger partial charge in [-0.1, -0.05) is 81.1 Å². The Morgan fingerprint density at radius 1 is 0.550 bits per heavy atom. The molecular weight excluding hydrogens is 788 g/mol. The van der Waals surface area contributed by atoms with Gasteiger partial charge < -0.3 is 52.1 Å². The average Bonchev–Trinajstić information content (AvgIpc) is 3.27. The maximum Gasteiger partial charge on any atom is 0.187 e. The van der Waals surface area contributed by atoms with Crippen molar-refractivity contribution in [2.24, 2.45) is 20.5 Å². The van der Waals surface area contributed by atoms with Gasteiger partial charge in [-0.05, 0) is 39.7 Å². The van der Waals surface area contributed by atoms with E-state index >= 15 is 0 Å². The molecule has 5 rings (SSSR count). The monoisotopic (exact) mass is 838 g/mol. The number of ether oxygens (including phenoxy) is 11. The van der Waals surface area contributed by atoms with E-state index in [0.717, 1.165) is 11.1 Å². The fourth-order valence-electron chi connectivity index (χ4n) is 7.89. The molecule has 23 nitrogen and oxygen atoms in total. The largest absolute Gasteiger partial charge is 0.376 e. The van der Waals surface area contributed by atoms with Gasteiger partial charge in [-0.15, -0.1) is 0 Å². The van der Waals surface area contributed by atoms with E-state index in [2.05, 4.69) is 40.1 Å². The third-order valence-electron chi connectivity index (χ3n) is 10.6. The minimum Gasteiger partial charge on any atom is -0.376 e. The molecule has 324 valence electrons. The molecule has 0 spiro atoms. The van der Waals surface area contributed by atoms with Crippen LogP contribution in [0.1, 0.15) is 17.5 Å². The zero-order valence-electron chi connectivity index (χ0n) is 33.8. The van der Waals surface area contributed by atoms with Gasteiger partial charge in [0.05, 0.1) is 68.9 Å². The van der Waals surface area contributed by atoms with Crippen molar-refractivity contribution in [3.63, 3.8) is 0 Å². The van der Waals surface area contributed by atoms with Crippen LogP contribution in [0, 0.1) is 0 Å². The molecule has 0 aromatic heterocycles. The Hall–Kier alpha value is -4.76. The van der Waals surface area contributed by atoms with Gasteiger partial charge in [0.2, 0.25) is 0 Å². The second-order valence-electron chi connectivity index (χ2n) is 13.9. The quantitative estimate of drug-likeness (QED) is 0.0817. The Kier molecular flexibility index (Phi) is 18.4. The van der Waals surface area contributed by atoms with E-state index in [1.54, 1.807) is 0 Å². The fraction of sp³-hybridized carbons (Fsp3) is 0.676. The molecule has 15 atom stereocenters. The minimum atomic E-state index is -1.30. The summed E-state index contributed by atoms with van der Waals surface area (Å²) in [6.07, 6.45) is -12.1. The first-order valence-corrected chi connectivity index (χ1v) is 19.1. The van der Waals surface area contributed by atoms with Crippen molar-refractivity contribution in [3.05, 3.63) is 114 Å². The smallest absolute Gasteiger partial charge is 0.187 e. The van der Waals surface area contributed by atoms with Crippen LogP contribution >= 0.6 is 0 Å². The van der Waals surface area contributed by atoms with E-state index < -0.39 is 91.7 Å². The van der Waals surface area contributed by atoms with E-state index in [1.807, 2.05) is 60.7 Å². The molecule has 2 heterocycles. The average molecular weight is 839 g/mol. The first-order valence-electron chi connectivity index (χ1n) is 19.1. The Morgan fingerprint density at radius 2 is 1.05 bits per heavy atom. The second-order valence-corrected chi connectivity index (χ2v) is 13.9. The van der Waals surface area contributed by atoms with Crippen LogP contribution in [0.15, 0.2) is 81.1 Å². The van der Waals surface area contributed by atoms with Gasteiger partial charge in [0, 0.05) is 55.2 Å². The summed E-state index contributed by atoms with van der Waals surface area (Å²) in [6.45, 7) is 0.253. The van der Waals surface area contributed by atoms with E-state index in [4.69, 9.17) is 57.6 Å². The van der Waals surface area contributed by atoms with Gasteiger partial charge in [0.25, 0.3) is 0 Å². The van der Waals surface area contributed by atoms with E-state index in [1.165, 1.54) is 35.5 Å². The molecule has 2 aromatic carbocycles. The third kappa shape index (κ3) is 11.3. The molecule has 10 unspecified atom stereocenters. The molecule has 1 saturated carbocycles. The summed E-state index contributed by atoms with van der Waals surface area (Å²) in [5.41, 5.74) is 40.1. The molecule has 2 aromatic rings. The molecule has 0 bridgehead atoms. The predicted molar refractivity (Wildman–Crippen MR) is 210 cm³/mol. The maximum absolute atomic E-state index is 9.83.